The summed E-state index contributed by atoms with van der Waals surface area (Å²) in [4.78, 5) is 23.8. The summed E-state index contributed by atoms with van der Waals surface area (Å²) in [6, 6.07) is 17.6. The molecule has 0 saturated carbocycles. The minimum absolute atomic E-state index is 0.0983. The highest BCUT2D eigenvalue weighted by Crippen LogP contribution is 2.45. The van der Waals surface area contributed by atoms with E-state index in [4.69, 9.17) is 19.3 Å². The number of aliphatic carboxylic acids is 1. The minimum atomic E-state index is -1.13. The molecule has 7 nitrogen and oxygen atoms in total. The summed E-state index contributed by atoms with van der Waals surface area (Å²) in [7, 11) is 2.90. The second-order valence-corrected chi connectivity index (χ2v) is 8.73. The number of rotatable bonds is 10. The van der Waals surface area contributed by atoms with E-state index in [-0.39, 0.29) is 23.9 Å². The number of benzene rings is 3. The molecule has 38 heavy (non-hydrogen) atoms. The number of allylic oxidation sites excluding steroid dienone is 2. The predicted molar refractivity (Wildman–Crippen MR) is 142 cm³/mol. The van der Waals surface area contributed by atoms with Crippen LogP contribution in [-0.4, -0.2) is 37.8 Å². The molecule has 0 fully saturated rings. The Bertz CT molecular complexity index is 1400. The Kier molecular flexibility index (Phi) is 8.11. The smallest absolute Gasteiger partial charge is 0.341 e. The van der Waals surface area contributed by atoms with Gasteiger partial charge in [-0.2, -0.15) is 0 Å². The Hall–Kier alpha value is -4.59. The molecule has 0 unspecified atom stereocenters. The number of carboxylic acids is 1. The van der Waals surface area contributed by atoms with E-state index in [1.54, 1.807) is 18.2 Å². The predicted octanol–water partition coefficient (Wildman–Crippen LogP) is 5.34. The van der Waals surface area contributed by atoms with Gasteiger partial charge < -0.3 is 24.6 Å². The van der Waals surface area contributed by atoms with Gasteiger partial charge in [-0.3, -0.25) is 4.79 Å². The standard InChI is InChI=1S/C30H28FNO6/c1-18-23(11-20-12-26(36-2)30(27(13-20)37-3)38-17-29(34)35)22-10-9-21(31)14-25(22)24(18)15-28(33)32-16-19-7-5-4-6-8-19/h4-14H,15-17H2,1-3H3,(H,32,33)(H,34,35)/b23-11-. The zero-order valence-corrected chi connectivity index (χ0v) is 21.3. The van der Waals surface area contributed by atoms with Crippen LogP contribution in [-0.2, 0) is 16.1 Å². The molecule has 3 aromatic rings. The summed E-state index contributed by atoms with van der Waals surface area (Å²) in [5.41, 5.74) is 5.59. The van der Waals surface area contributed by atoms with Crippen molar-refractivity contribution in [1.82, 2.24) is 5.32 Å². The van der Waals surface area contributed by atoms with Crippen LogP contribution in [0.3, 0.4) is 0 Å². The number of carboxylic acid groups (broad SMARTS) is 1. The van der Waals surface area contributed by atoms with Crippen LogP contribution in [0.5, 0.6) is 17.2 Å². The van der Waals surface area contributed by atoms with Crippen molar-refractivity contribution in [2.75, 3.05) is 20.8 Å². The summed E-state index contributed by atoms with van der Waals surface area (Å²) in [6.45, 7) is 1.76. The molecule has 3 aromatic carbocycles. The van der Waals surface area contributed by atoms with Crippen LogP contribution in [0.2, 0.25) is 0 Å². The fourth-order valence-corrected chi connectivity index (χ4v) is 4.43. The van der Waals surface area contributed by atoms with Gasteiger partial charge in [-0.05, 0) is 76.2 Å². The van der Waals surface area contributed by atoms with Gasteiger partial charge >= 0.3 is 5.97 Å². The normalized spacial score (nSPS) is 13.3. The minimum Gasteiger partial charge on any atom is -0.493 e. The summed E-state index contributed by atoms with van der Waals surface area (Å²) in [5, 5.41) is 11.9. The number of amides is 1. The average Bonchev–Trinajstić information content (AvgIpc) is 3.16. The van der Waals surface area contributed by atoms with Crippen LogP contribution < -0.4 is 19.5 Å². The van der Waals surface area contributed by atoms with E-state index in [1.807, 2.05) is 43.3 Å². The van der Waals surface area contributed by atoms with Gasteiger partial charge in [0.2, 0.25) is 11.7 Å². The van der Waals surface area contributed by atoms with Crippen molar-refractivity contribution in [3.8, 4) is 17.2 Å². The van der Waals surface area contributed by atoms with Gasteiger partial charge in [0.05, 0.1) is 20.6 Å². The van der Waals surface area contributed by atoms with Crippen LogP contribution >= 0.6 is 0 Å². The van der Waals surface area contributed by atoms with Crippen LogP contribution in [0, 0.1) is 5.82 Å². The molecule has 4 rings (SSSR count). The van der Waals surface area contributed by atoms with Gasteiger partial charge in [0.25, 0.3) is 0 Å². The quantitative estimate of drug-likeness (QED) is 0.377. The van der Waals surface area contributed by atoms with Crippen molar-refractivity contribution in [3.05, 3.63) is 94.3 Å². The van der Waals surface area contributed by atoms with Gasteiger partial charge in [-0.15, -0.1) is 0 Å². The molecule has 0 atom stereocenters. The first kappa shape index (κ1) is 26.5. The molecule has 196 valence electrons. The first-order valence-corrected chi connectivity index (χ1v) is 11.9. The monoisotopic (exact) mass is 517 g/mol. The molecule has 0 aromatic heterocycles. The molecular formula is C30H28FNO6. The summed E-state index contributed by atoms with van der Waals surface area (Å²) >= 11 is 0. The van der Waals surface area contributed by atoms with E-state index in [0.717, 1.165) is 27.8 Å². The molecule has 1 aliphatic rings. The van der Waals surface area contributed by atoms with Crippen molar-refractivity contribution in [2.45, 2.75) is 19.9 Å². The van der Waals surface area contributed by atoms with Crippen LogP contribution in [0.15, 0.2) is 66.2 Å². The fourth-order valence-electron chi connectivity index (χ4n) is 4.43. The number of methoxy groups -OCH3 is 2. The lowest BCUT2D eigenvalue weighted by molar-refractivity contribution is -0.139. The van der Waals surface area contributed by atoms with E-state index < -0.39 is 12.6 Å². The SMILES string of the molecule is COc1cc(/C=C2/C(C)=C(CC(=O)NCc3ccccc3)c3cc(F)ccc32)cc(OC)c1OCC(=O)O. The Morgan fingerprint density at radius 3 is 2.29 bits per heavy atom. The van der Waals surface area contributed by atoms with E-state index in [2.05, 4.69) is 5.32 Å². The van der Waals surface area contributed by atoms with Gasteiger partial charge in [0.1, 0.15) is 5.82 Å². The number of hydrogen-bond acceptors (Lipinski definition) is 5. The molecule has 0 saturated heterocycles. The maximum absolute atomic E-state index is 14.3. The second kappa shape index (κ2) is 11.6. The van der Waals surface area contributed by atoms with E-state index in [0.29, 0.717) is 29.2 Å². The van der Waals surface area contributed by atoms with Crippen molar-refractivity contribution >= 4 is 29.1 Å². The zero-order valence-electron chi connectivity index (χ0n) is 21.3. The largest absolute Gasteiger partial charge is 0.493 e. The van der Waals surface area contributed by atoms with E-state index in [1.165, 1.54) is 26.4 Å². The van der Waals surface area contributed by atoms with Gasteiger partial charge in [-0.1, -0.05) is 36.4 Å². The molecule has 1 aliphatic carbocycles. The van der Waals surface area contributed by atoms with Gasteiger partial charge in [0, 0.05) is 6.54 Å². The average molecular weight is 518 g/mol. The van der Waals surface area contributed by atoms with E-state index in [9.17, 15) is 14.0 Å². The molecule has 0 heterocycles. The Balaban J connectivity index is 1.68. The molecular weight excluding hydrogens is 489 g/mol. The first-order valence-electron chi connectivity index (χ1n) is 11.9. The summed E-state index contributed by atoms with van der Waals surface area (Å²) in [5.74, 6) is -0.896. The van der Waals surface area contributed by atoms with E-state index >= 15 is 0 Å². The molecule has 0 radical (unpaired) electrons. The van der Waals surface area contributed by atoms with Crippen molar-refractivity contribution in [3.63, 3.8) is 0 Å². The number of carbonyl (C=O) groups excluding carboxylic acids is 1. The molecule has 0 bridgehead atoms. The van der Waals surface area contributed by atoms with Crippen LogP contribution in [0.25, 0.3) is 17.2 Å². The number of carbonyl (C=O) groups is 2. The molecule has 1 amide bonds. The summed E-state index contributed by atoms with van der Waals surface area (Å²) < 4.78 is 30.5. The Morgan fingerprint density at radius 1 is 0.974 bits per heavy atom. The van der Waals surface area contributed by atoms with Crippen LogP contribution in [0.4, 0.5) is 4.39 Å². The van der Waals surface area contributed by atoms with Gasteiger partial charge in [-0.25, -0.2) is 9.18 Å². The van der Waals surface area contributed by atoms with Gasteiger partial charge in [0.15, 0.2) is 18.1 Å². The number of fused-ring (bicyclic) bond motifs is 1. The van der Waals surface area contributed by atoms with Crippen molar-refractivity contribution < 1.29 is 33.3 Å². The number of ether oxygens (including phenoxy) is 3. The van der Waals surface area contributed by atoms with Crippen molar-refractivity contribution in [1.29, 1.82) is 0 Å². The maximum Gasteiger partial charge on any atom is 0.341 e. The fraction of sp³-hybridized carbons (Fsp3) is 0.200. The highest BCUT2D eigenvalue weighted by Gasteiger charge is 2.26. The highest BCUT2D eigenvalue weighted by atomic mass is 19.1. The lowest BCUT2D eigenvalue weighted by atomic mass is 10.00. The van der Waals surface area contributed by atoms with Crippen LogP contribution in [0.1, 0.15) is 35.6 Å². The molecule has 8 heteroatoms. The molecule has 2 N–H and O–H groups in total. The lowest BCUT2D eigenvalue weighted by Gasteiger charge is -2.15. The Labute approximate surface area is 220 Å². The number of halogens is 1. The first-order chi connectivity index (χ1) is 18.3. The third-order valence-electron chi connectivity index (χ3n) is 6.26. The lowest BCUT2D eigenvalue weighted by Crippen LogP contribution is -2.22. The molecule has 0 spiro atoms. The number of nitrogens with one attached hydrogen (secondary N) is 1. The third-order valence-corrected chi connectivity index (χ3v) is 6.26. The highest BCUT2D eigenvalue weighted by molar-refractivity contribution is 6.08. The maximum atomic E-state index is 14.3. The molecule has 0 aliphatic heterocycles. The second-order valence-electron chi connectivity index (χ2n) is 8.73. The zero-order chi connectivity index (χ0) is 27.2. The summed E-state index contributed by atoms with van der Waals surface area (Å²) in [6.07, 6.45) is 1.99. The third kappa shape index (κ3) is 5.86. The number of hydrogen-bond donors (Lipinski definition) is 2. The Morgan fingerprint density at radius 2 is 1.66 bits per heavy atom. The topological polar surface area (TPSA) is 94.1 Å². The van der Waals surface area contributed by atoms with Crippen molar-refractivity contribution in [2.24, 2.45) is 0 Å².